The molecule has 0 fully saturated rings. The van der Waals surface area contributed by atoms with E-state index in [0.717, 1.165) is 22.3 Å². The molecule has 0 heterocycles. The number of rotatable bonds is 18. The number of anilines is 4. The monoisotopic (exact) mass is 898 g/mol. The Morgan fingerprint density at radius 2 is 0.742 bits per heavy atom. The van der Waals surface area contributed by atoms with Crippen LogP contribution >= 0.6 is 0 Å². The third-order valence-electron chi connectivity index (χ3n) is 9.06. The summed E-state index contributed by atoms with van der Waals surface area (Å²) in [4.78, 5) is 73.0. The van der Waals surface area contributed by atoms with Crippen LogP contribution in [0.1, 0.15) is 49.9 Å². The van der Waals surface area contributed by atoms with E-state index in [2.05, 4.69) is 34.4 Å². The molecule has 1 unspecified atom stereocenters. The van der Waals surface area contributed by atoms with Crippen molar-refractivity contribution in [2.45, 2.75) is 52.7 Å². The lowest BCUT2D eigenvalue weighted by Gasteiger charge is -2.14. The van der Waals surface area contributed by atoms with Gasteiger partial charge in [0.25, 0.3) is 0 Å². The fraction of sp³-hybridized carbons (Fsp3) is 0.200. The van der Waals surface area contributed by atoms with Gasteiger partial charge in [0.15, 0.2) is 0 Å². The maximum Gasteiger partial charge on any atom is 0.417 e. The Balaban J connectivity index is 1.00. The summed E-state index contributed by atoms with van der Waals surface area (Å²) in [7, 11) is 0. The molecule has 0 aliphatic carbocycles. The zero-order valence-corrected chi connectivity index (χ0v) is 36.8. The number of amides is 4. The molecule has 5 aromatic carbocycles. The summed E-state index contributed by atoms with van der Waals surface area (Å²) < 4.78 is 31.3. The first-order valence-electron chi connectivity index (χ1n) is 20.6. The Hall–Kier alpha value is -8.40. The van der Waals surface area contributed by atoms with Crippen molar-refractivity contribution in [2.75, 3.05) is 34.5 Å². The lowest BCUT2D eigenvalue weighted by molar-refractivity contribution is -0.142. The molecule has 16 heteroatoms. The van der Waals surface area contributed by atoms with Crippen molar-refractivity contribution in [3.8, 4) is 11.5 Å². The van der Waals surface area contributed by atoms with Crippen LogP contribution < -0.4 is 30.7 Å². The lowest BCUT2D eigenvalue weighted by Crippen LogP contribution is -2.25. The standard InChI is InChI=1S/C50H50N4O12/c1-31(2)45(55)61-29-33(5)63-47(57)51-39-18-10-35(11-19-39)26-37-14-22-41(23-15-37)53-49(59)65-43-8-7-9-44(28-43)66-50(60)54-42-24-16-38(17-25-42)27-36-12-20-40(21-13-36)52-48(58)64-34(6)30-62-46(56)32(3)4/h7-25,28,33-34H,1,3,26-27,29-30H2,2,4-6H3,(H,51,57)(H,52,58)(H,53,59)(H,54,60)/t33-,34?/m0/s1. The second kappa shape index (κ2) is 23.9. The summed E-state index contributed by atoms with van der Waals surface area (Å²) in [5.74, 6) is -0.805. The average Bonchev–Trinajstić information content (AvgIpc) is 3.27. The van der Waals surface area contributed by atoms with Crippen LogP contribution in [-0.4, -0.2) is 61.7 Å². The molecule has 0 spiro atoms. The number of hydrogen-bond donors (Lipinski definition) is 4. The molecule has 5 aromatic rings. The third-order valence-corrected chi connectivity index (χ3v) is 9.06. The molecule has 16 nitrogen and oxygen atoms in total. The van der Waals surface area contributed by atoms with Crippen molar-refractivity contribution in [3.63, 3.8) is 0 Å². The summed E-state index contributed by atoms with van der Waals surface area (Å²) in [6.07, 6.45) is -2.97. The van der Waals surface area contributed by atoms with Crippen LogP contribution in [-0.2, 0) is 41.4 Å². The Labute approximate surface area is 381 Å². The van der Waals surface area contributed by atoms with Gasteiger partial charge in [0.2, 0.25) is 0 Å². The van der Waals surface area contributed by atoms with E-state index in [1.54, 1.807) is 80.6 Å². The number of hydrogen-bond acceptors (Lipinski definition) is 12. The molecular weight excluding hydrogens is 849 g/mol. The van der Waals surface area contributed by atoms with Crippen molar-refractivity contribution < 1.29 is 57.2 Å². The molecule has 4 N–H and O–H groups in total. The van der Waals surface area contributed by atoms with Crippen LogP contribution in [0.25, 0.3) is 0 Å². The van der Waals surface area contributed by atoms with Gasteiger partial charge in [-0.25, -0.2) is 28.8 Å². The summed E-state index contributed by atoms with van der Waals surface area (Å²) in [6.45, 7) is 13.1. The van der Waals surface area contributed by atoms with Crippen LogP contribution in [0, 0.1) is 0 Å². The topological polar surface area (TPSA) is 206 Å². The van der Waals surface area contributed by atoms with E-state index in [0.29, 0.717) is 35.6 Å². The largest absolute Gasteiger partial charge is 0.458 e. The first-order valence-corrected chi connectivity index (χ1v) is 20.6. The number of ether oxygens (including phenoxy) is 6. The van der Waals surface area contributed by atoms with E-state index >= 15 is 0 Å². The second-order valence-electron chi connectivity index (χ2n) is 15.1. The first kappa shape index (κ1) is 48.6. The van der Waals surface area contributed by atoms with E-state index in [-0.39, 0.29) is 35.9 Å². The second-order valence-corrected chi connectivity index (χ2v) is 15.1. The highest BCUT2D eigenvalue weighted by Crippen LogP contribution is 2.23. The zero-order valence-electron chi connectivity index (χ0n) is 36.8. The molecule has 4 amide bonds. The van der Waals surface area contributed by atoms with E-state index in [1.165, 1.54) is 19.9 Å². The van der Waals surface area contributed by atoms with Crippen molar-refractivity contribution in [2.24, 2.45) is 0 Å². The molecule has 342 valence electrons. The number of esters is 2. The fourth-order valence-electron chi connectivity index (χ4n) is 5.76. The van der Waals surface area contributed by atoms with Crippen LogP contribution in [0.3, 0.4) is 0 Å². The minimum absolute atomic E-state index is 0.0911. The van der Waals surface area contributed by atoms with Crippen LogP contribution in [0.15, 0.2) is 146 Å². The minimum Gasteiger partial charge on any atom is -0.458 e. The number of nitrogens with one attached hydrogen (secondary N) is 4. The highest BCUT2D eigenvalue weighted by atomic mass is 16.6. The Morgan fingerprint density at radius 3 is 1.03 bits per heavy atom. The zero-order chi connectivity index (χ0) is 47.6. The van der Waals surface area contributed by atoms with Crippen molar-refractivity contribution >= 4 is 59.1 Å². The summed E-state index contributed by atoms with van der Waals surface area (Å²) in [5, 5.41) is 10.6. The Morgan fingerprint density at radius 1 is 0.455 bits per heavy atom. The predicted octanol–water partition coefficient (Wildman–Crippen LogP) is 10.2. The molecule has 0 saturated heterocycles. The molecule has 0 bridgehead atoms. The number of benzene rings is 5. The molecule has 2 atom stereocenters. The number of carbonyl (C=O) groups excluding carboxylic acids is 6. The van der Waals surface area contributed by atoms with Crippen LogP contribution in [0.2, 0.25) is 0 Å². The predicted molar refractivity (Wildman–Crippen MR) is 248 cm³/mol. The van der Waals surface area contributed by atoms with Gasteiger partial charge < -0.3 is 28.4 Å². The average molecular weight is 899 g/mol. The fourth-order valence-corrected chi connectivity index (χ4v) is 5.76. The highest BCUT2D eigenvalue weighted by molar-refractivity contribution is 5.89. The smallest absolute Gasteiger partial charge is 0.417 e. The van der Waals surface area contributed by atoms with Crippen molar-refractivity contribution in [1.82, 2.24) is 0 Å². The van der Waals surface area contributed by atoms with Gasteiger partial charge in [-0.15, -0.1) is 0 Å². The Bertz CT molecular complexity index is 2350. The summed E-state index contributed by atoms with van der Waals surface area (Å²) in [6, 6.07) is 34.9. The van der Waals surface area contributed by atoms with Gasteiger partial charge in [-0.05, 0) is 123 Å². The molecule has 0 radical (unpaired) electrons. The van der Waals surface area contributed by atoms with E-state index in [4.69, 9.17) is 28.4 Å². The van der Waals surface area contributed by atoms with Gasteiger partial charge in [0.05, 0.1) is 0 Å². The van der Waals surface area contributed by atoms with Gasteiger partial charge >= 0.3 is 36.3 Å². The highest BCUT2D eigenvalue weighted by Gasteiger charge is 2.15. The molecule has 5 rings (SSSR count). The van der Waals surface area contributed by atoms with Gasteiger partial charge in [-0.1, -0.05) is 67.8 Å². The minimum atomic E-state index is -0.743. The maximum atomic E-state index is 12.7. The molecule has 0 aliphatic rings. The normalized spacial score (nSPS) is 11.3. The molecule has 0 aromatic heterocycles. The van der Waals surface area contributed by atoms with E-state index < -0.39 is 48.5 Å². The van der Waals surface area contributed by atoms with Crippen molar-refractivity contribution in [1.29, 1.82) is 0 Å². The molecule has 66 heavy (non-hydrogen) atoms. The molecular formula is C50H50N4O12. The molecule has 0 aliphatic heterocycles. The van der Waals surface area contributed by atoms with Gasteiger partial charge in [0, 0.05) is 40.0 Å². The van der Waals surface area contributed by atoms with Crippen LogP contribution in [0.4, 0.5) is 41.9 Å². The summed E-state index contributed by atoms with van der Waals surface area (Å²) in [5.41, 5.74) is 6.47. The maximum absolute atomic E-state index is 12.7. The third kappa shape index (κ3) is 16.7. The lowest BCUT2D eigenvalue weighted by atomic mass is 10.0. The summed E-state index contributed by atoms with van der Waals surface area (Å²) >= 11 is 0. The van der Waals surface area contributed by atoms with Gasteiger partial charge in [-0.3, -0.25) is 21.3 Å². The quantitative estimate of drug-likeness (QED) is 0.0368. The number of carbonyl (C=O) groups is 6. The SMILES string of the molecule is C=C(C)C(=O)OCC(C)OC(=O)Nc1ccc(Cc2ccc(NC(=O)Oc3cccc(OC(=O)Nc4ccc(Cc5ccc(NC(=O)O[C@@H](C)COC(=O)C(=C)C)cc5)cc4)c3)cc2)cc1. The van der Waals surface area contributed by atoms with E-state index in [9.17, 15) is 28.8 Å². The Kier molecular flexibility index (Phi) is 17.6. The first-order chi connectivity index (χ1) is 31.6. The molecule has 0 saturated carbocycles. The van der Waals surface area contributed by atoms with Gasteiger partial charge in [0.1, 0.15) is 36.9 Å². The van der Waals surface area contributed by atoms with E-state index in [1.807, 2.05) is 48.5 Å². The van der Waals surface area contributed by atoms with Crippen LogP contribution in [0.5, 0.6) is 11.5 Å². The van der Waals surface area contributed by atoms with Crippen molar-refractivity contribution in [3.05, 3.63) is 168 Å². The van der Waals surface area contributed by atoms with Gasteiger partial charge in [-0.2, -0.15) is 0 Å².